The van der Waals surface area contributed by atoms with Crippen LogP contribution in [0.3, 0.4) is 0 Å². The Morgan fingerprint density at radius 3 is 2.94 bits per heavy atom. The number of phenolic OH excluding ortho intramolecular Hbond substituents is 1. The summed E-state index contributed by atoms with van der Waals surface area (Å²) in [6.45, 7) is 1.11. The van der Waals surface area contributed by atoms with Gasteiger partial charge in [0, 0.05) is 20.3 Å². The minimum Gasteiger partial charge on any atom is -0.507 e. The summed E-state index contributed by atoms with van der Waals surface area (Å²) in [7, 11) is 1.61. The summed E-state index contributed by atoms with van der Waals surface area (Å²) in [6.07, 6.45) is 1.61. The summed E-state index contributed by atoms with van der Waals surface area (Å²) in [5.41, 5.74) is -0.0447. The molecule has 0 fully saturated rings. The highest BCUT2D eigenvalue weighted by Gasteiger charge is 2.11. The third-order valence-electron chi connectivity index (χ3n) is 2.26. The van der Waals surface area contributed by atoms with Crippen molar-refractivity contribution in [2.24, 2.45) is 0 Å². The van der Waals surface area contributed by atoms with Crippen molar-refractivity contribution in [1.82, 2.24) is 5.32 Å². The van der Waals surface area contributed by atoms with Crippen molar-refractivity contribution < 1.29 is 19.0 Å². The second-order valence-corrected chi connectivity index (χ2v) is 3.62. The van der Waals surface area contributed by atoms with E-state index in [1.807, 2.05) is 0 Å². The average molecular weight is 241 g/mol. The molecule has 0 atom stereocenters. The quantitative estimate of drug-likeness (QED) is 0.745. The van der Waals surface area contributed by atoms with Crippen molar-refractivity contribution in [3.05, 3.63) is 29.6 Å². The highest BCUT2D eigenvalue weighted by molar-refractivity contribution is 5.96. The number of benzene rings is 1. The van der Waals surface area contributed by atoms with Gasteiger partial charge in [0.15, 0.2) is 0 Å². The van der Waals surface area contributed by atoms with Crippen molar-refractivity contribution in [2.45, 2.75) is 12.8 Å². The first-order valence-electron chi connectivity index (χ1n) is 5.41. The lowest BCUT2D eigenvalue weighted by atomic mass is 10.2. The first kappa shape index (κ1) is 13.4. The topological polar surface area (TPSA) is 58.6 Å². The van der Waals surface area contributed by atoms with Gasteiger partial charge in [-0.05, 0) is 31.0 Å². The molecule has 1 aromatic carbocycles. The molecule has 0 aliphatic heterocycles. The number of carbonyl (C=O) groups is 1. The van der Waals surface area contributed by atoms with E-state index in [1.165, 1.54) is 0 Å². The van der Waals surface area contributed by atoms with Gasteiger partial charge in [-0.2, -0.15) is 0 Å². The van der Waals surface area contributed by atoms with E-state index in [4.69, 9.17) is 4.74 Å². The minimum absolute atomic E-state index is 0.0447. The van der Waals surface area contributed by atoms with Crippen molar-refractivity contribution in [3.8, 4) is 5.75 Å². The molecule has 1 aromatic rings. The Bertz CT molecular complexity index is 382. The number of ether oxygens (including phenoxy) is 1. The summed E-state index contributed by atoms with van der Waals surface area (Å²) in [5.74, 6) is -1.24. The predicted octanol–water partition coefficient (Wildman–Crippen LogP) is 1.69. The second-order valence-electron chi connectivity index (χ2n) is 3.62. The first-order valence-corrected chi connectivity index (χ1v) is 5.41. The van der Waals surface area contributed by atoms with E-state index in [2.05, 4.69) is 5.32 Å². The van der Waals surface area contributed by atoms with Crippen LogP contribution >= 0.6 is 0 Å². The molecular weight excluding hydrogens is 225 g/mol. The van der Waals surface area contributed by atoms with Crippen LogP contribution in [0.15, 0.2) is 18.2 Å². The molecule has 1 amide bonds. The van der Waals surface area contributed by atoms with Crippen molar-refractivity contribution >= 4 is 5.91 Å². The monoisotopic (exact) mass is 241 g/mol. The van der Waals surface area contributed by atoms with E-state index in [1.54, 1.807) is 7.11 Å². The van der Waals surface area contributed by atoms with Crippen LogP contribution in [-0.4, -0.2) is 31.3 Å². The van der Waals surface area contributed by atoms with Crippen LogP contribution in [0.2, 0.25) is 0 Å². The number of hydrogen-bond acceptors (Lipinski definition) is 3. The number of aromatic hydroxyl groups is 1. The molecule has 0 heterocycles. The summed E-state index contributed by atoms with van der Waals surface area (Å²) in [5, 5.41) is 12.0. The smallest absolute Gasteiger partial charge is 0.255 e. The van der Waals surface area contributed by atoms with E-state index in [9.17, 15) is 14.3 Å². The molecule has 2 N–H and O–H groups in total. The molecule has 0 bridgehead atoms. The predicted molar refractivity (Wildman–Crippen MR) is 61.5 cm³/mol. The Hall–Kier alpha value is -1.62. The lowest BCUT2D eigenvalue weighted by Gasteiger charge is -2.06. The zero-order chi connectivity index (χ0) is 12.7. The van der Waals surface area contributed by atoms with E-state index >= 15 is 0 Å². The molecule has 4 nitrogen and oxygen atoms in total. The largest absolute Gasteiger partial charge is 0.507 e. The van der Waals surface area contributed by atoms with Crippen molar-refractivity contribution in [1.29, 1.82) is 0 Å². The first-order chi connectivity index (χ1) is 8.15. The van der Waals surface area contributed by atoms with E-state index in [0.29, 0.717) is 13.2 Å². The minimum atomic E-state index is -0.549. The van der Waals surface area contributed by atoms with Gasteiger partial charge in [-0.25, -0.2) is 4.39 Å². The Kier molecular flexibility index (Phi) is 5.42. The number of hydrogen-bond donors (Lipinski definition) is 2. The normalized spacial score (nSPS) is 10.2. The maximum Gasteiger partial charge on any atom is 0.255 e. The number of nitrogens with one attached hydrogen (secondary N) is 1. The van der Waals surface area contributed by atoms with Gasteiger partial charge in [-0.15, -0.1) is 0 Å². The number of phenols is 1. The van der Waals surface area contributed by atoms with Crippen molar-refractivity contribution in [3.63, 3.8) is 0 Å². The molecule has 94 valence electrons. The van der Waals surface area contributed by atoms with Crippen molar-refractivity contribution in [2.75, 3.05) is 20.3 Å². The maximum absolute atomic E-state index is 12.9. The summed E-state index contributed by atoms with van der Waals surface area (Å²) in [6, 6.07) is 3.28. The fraction of sp³-hybridized carbons (Fsp3) is 0.417. The van der Waals surface area contributed by atoms with E-state index in [-0.39, 0.29) is 11.3 Å². The van der Waals surface area contributed by atoms with Gasteiger partial charge >= 0.3 is 0 Å². The third kappa shape index (κ3) is 4.40. The summed E-state index contributed by atoms with van der Waals surface area (Å²) < 4.78 is 17.8. The summed E-state index contributed by atoms with van der Waals surface area (Å²) >= 11 is 0. The fourth-order valence-electron chi connectivity index (χ4n) is 1.36. The van der Waals surface area contributed by atoms with Gasteiger partial charge in [0.1, 0.15) is 11.6 Å². The number of carbonyl (C=O) groups excluding carboxylic acids is 1. The molecule has 0 saturated carbocycles. The highest BCUT2D eigenvalue weighted by atomic mass is 19.1. The third-order valence-corrected chi connectivity index (χ3v) is 2.26. The molecule has 1 rings (SSSR count). The molecule has 5 heteroatoms. The SMILES string of the molecule is COCCCCNC(=O)c1cc(F)ccc1O. The van der Waals surface area contributed by atoms with E-state index in [0.717, 1.165) is 31.0 Å². The number of unbranched alkanes of at least 4 members (excludes halogenated alkanes) is 1. The fourth-order valence-corrected chi connectivity index (χ4v) is 1.36. The standard InChI is InChI=1S/C12H16FNO3/c1-17-7-3-2-6-14-12(16)10-8-9(13)4-5-11(10)15/h4-5,8,15H,2-3,6-7H2,1H3,(H,14,16). The van der Waals surface area contributed by atoms with Gasteiger partial charge in [0.2, 0.25) is 0 Å². The molecule has 0 radical (unpaired) electrons. The molecule has 0 spiro atoms. The molecule has 0 aromatic heterocycles. The zero-order valence-corrected chi connectivity index (χ0v) is 9.70. The Labute approximate surface area is 99.4 Å². The number of rotatable bonds is 6. The molecule has 0 saturated heterocycles. The van der Waals surface area contributed by atoms with Gasteiger partial charge in [0.25, 0.3) is 5.91 Å². The Morgan fingerprint density at radius 2 is 2.24 bits per heavy atom. The Balaban J connectivity index is 2.44. The number of methoxy groups -OCH3 is 1. The van der Waals surface area contributed by atoms with Gasteiger partial charge < -0.3 is 15.2 Å². The average Bonchev–Trinajstić information content (AvgIpc) is 2.32. The highest BCUT2D eigenvalue weighted by Crippen LogP contribution is 2.17. The maximum atomic E-state index is 12.9. The summed E-state index contributed by atoms with van der Waals surface area (Å²) in [4.78, 5) is 11.6. The van der Waals surface area contributed by atoms with Crippen LogP contribution in [-0.2, 0) is 4.74 Å². The second kappa shape index (κ2) is 6.85. The lowest BCUT2D eigenvalue weighted by molar-refractivity contribution is 0.0948. The Morgan fingerprint density at radius 1 is 1.47 bits per heavy atom. The van der Waals surface area contributed by atoms with Crippen LogP contribution in [0.5, 0.6) is 5.75 Å². The number of halogens is 1. The molecular formula is C12H16FNO3. The van der Waals surface area contributed by atoms with Crippen LogP contribution in [0, 0.1) is 5.82 Å². The van der Waals surface area contributed by atoms with Gasteiger partial charge in [-0.3, -0.25) is 4.79 Å². The number of amides is 1. The van der Waals surface area contributed by atoms with Crippen LogP contribution < -0.4 is 5.32 Å². The van der Waals surface area contributed by atoms with Crippen LogP contribution in [0.25, 0.3) is 0 Å². The van der Waals surface area contributed by atoms with Crippen LogP contribution in [0.1, 0.15) is 23.2 Å². The lowest BCUT2D eigenvalue weighted by Crippen LogP contribution is -2.24. The molecule has 0 aliphatic rings. The molecule has 0 aliphatic carbocycles. The van der Waals surface area contributed by atoms with E-state index < -0.39 is 11.7 Å². The van der Waals surface area contributed by atoms with Gasteiger partial charge in [0.05, 0.1) is 5.56 Å². The zero-order valence-electron chi connectivity index (χ0n) is 9.70. The van der Waals surface area contributed by atoms with Crippen LogP contribution in [0.4, 0.5) is 4.39 Å². The molecule has 17 heavy (non-hydrogen) atoms. The molecule has 0 unspecified atom stereocenters. The van der Waals surface area contributed by atoms with Gasteiger partial charge in [-0.1, -0.05) is 0 Å².